The average molecular weight is 227 g/mol. The Bertz CT molecular complexity index is 610. The standard InChI is InChI=1S/C15H17NO/c16-15(8-17-9-15)13-7-6-11-5-4-10-2-1-3-12(13)14(10)11/h1-3H,4-9,16H2. The molecule has 0 saturated carbocycles. The summed E-state index contributed by atoms with van der Waals surface area (Å²) in [7, 11) is 0. The molecule has 3 aliphatic rings. The highest BCUT2D eigenvalue weighted by molar-refractivity contribution is 5.67. The highest BCUT2D eigenvalue weighted by Crippen LogP contribution is 2.31. The Hall–Kier alpha value is -1.12. The third kappa shape index (κ3) is 1.23. The van der Waals surface area contributed by atoms with E-state index in [-0.39, 0.29) is 5.54 Å². The van der Waals surface area contributed by atoms with E-state index in [2.05, 4.69) is 18.2 Å². The van der Waals surface area contributed by atoms with Crippen molar-refractivity contribution in [2.24, 2.45) is 5.73 Å². The summed E-state index contributed by atoms with van der Waals surface area (Å²) in [6.45, 7) is 1.39. The summed E-state index contributed by atoms with van der Waals surface area (Å²) in [5.74, 6) is 0. The van der Waals surface area contributed by atoms with E-state index < -0.39 is 0 Å². The third-order valence-electron chi connectivity index (χ3n) is 4.52. The molecule has 0 spiro atoms. The number of nitrogens with two attached hydrogens (primary N) is 1. The lowest BCUT2D eigenvalue weighted by molar-refractivity contribution is -0.0245. The van der Waals surface area contributed by atoms with Crippen LogP contribution in [0.2, 0.25) is 0 Å². The summed E-state index contributed by atoms with van der Waals surface area (Å²) >= 11 is 0. The van der Waals surface area contributed by atoms with Crippen LogP contribution in [0.25, 0.3) is 11.1 Å². The number of ether oxygens (including phenoxy) is 1. The van der Waals surface area contributed by atoms with Crippen molar-refractivity contribution in [1.29, 1.82) is 0 Å². The molecule has 88 valence electrons. The number of hydrogen-bond donors (Lipinski definition) is 1. The lowest BCUT2D eigenvalue weighted by atomic mass is 9.80. The minimum atomic E-state index is -0.177. The van der Waals surface area contributed by atoms with Crippen molar-refractivity contribution in [2.75, 3.05) is 13.2 Å². The van der Waals surface area contributed by atoms with E-state index in [4.69, 9.17) is 10.5 Å². The fourth-order valence-electron chi connectivity index (χ4n) is 3.56. The molecule has 0 radical (unpaired) electrons. The average Bonchev–Trinajstić information content (AvgIpc) is 2.73. The van der Waals surface area contributed by atoms with Crippen molar-refractivity contribution in [3.63, 3.8) is 0 Å². The summed E-state index contributed by atoms with van der Waals surface area (Å²) in [5, 5.41) is 2.96. The van der Waals surface area contributed by atoms with Crippen LogP contribution in [0.15, 0.2) is 18.2 Å². The Kier molecular flexibility index (Phi) is 1.86. The van der Waals surface area contributed by atoms with Gasteiger partial charge in [-0.3, -0.25) is 0 Å². The molecule has 1 aromatic rings. The van der Waals surface area contributed by atoms with Gasteiger partial charge in [-0.15, -0.1) is 0 Å². The van der Waals surface area contributed by atoms with Crippen LogP contribution >= 0.6 is 0 Å². The summed E-state index contributed by atoms with van der Waals surface area (Å²) in [6, 6.07) is 6.71. The molecule has 4 rings (SSSR count). The second-order valence-electron chi connectivity index (χ2n) is 5.57. The van der Waals surface area contributed by atoms with Gasteiger partial charge in [0.25, 0.3) is 0 Å². The number of hydrogen-bond acceptors (Lipinski definition) is 2. The number of benzene rings is 1. The van der Waals surface area contributed by atoms with E-state index in [1.54, 1.807) is 5.57 Å². The van der Waals surface area contributed by atoms with Gasteiger partial charge in [0.1, 0.15) is 0 Å². The van der Waals surface area contributed by atoms with Gasteiger partial charge in [0.05, 0.1) is 18.8 Å². The molecule has 0 unspecified atom stereocenters. The molecule has 1 heterocycles. The molecule has 2 heteroatoms. The molecule has 0 atom stereocenters. The van der Waals surface area contributed by atoms with Crippen molar-refractivity contribution >= 4 is 11.1 Å². The van der Waals surface area contributed by atoms with Crippen molar-refractivity contribution in [2.45, 2.75) is 31.2 Å². The molecule has 1 saturated heterocycles. The molecule has 2 aliphatic carbocycles. The Balaban J connectivity index is 2.08. The molecule has 17 heavy (non-hydrogen) atoms. The van der Waals surface area contributed by atoms with Crippen LogP contribution in [-0.4, -0.2) is 18.8 Å². The topological polar surface area (TPSA) is 35.2 Å². The SMILES string of the molecule is NC1(C2=c3cccc4c3=C(CC2)CC4)COC1. The van der Waals surface area contributed by atoms with Crippen molar-refractivity contribution < 1.29 is 4.74 Å². The van der Waals surface area contributed by atoms with Crippen LogP contribution < -0.4 is 16.2 Å². The van der Waals surface area contributed by atoms with E-state index in [0.29, 0.717) is 13.2 Å². The minimum Gasteiger partial charge on any atom is -0.377 e. The number of aryl methyl sites for hydroxylation is 1. The van der Waals surface area contributed by atoms with Gasteiger partial charge in [0.15, 0.2) is 0 Å². The van der Waals surface area contributed by atoms with Crippen molar-refractivity contribution in [3.05, 3.63) is 34.2 Å². The van der Waals surface area contributed by atoms with Gasteiger partial charge < -0.3 is 10.5 Å². The molecule has 1 fully saturated rings. The molecular formula is C15H17NO. The predicted molar refractivity (Wildman–Crippen MR) is 67.8 cm³/mol. The highest BCUT2D eigenvalue weighted by Gasteiger charge is 2.39. The highest BCUT2D eigenvalue weighted by atomic mass is 16.5. The molecule has 2 N–H and O–H groups in total. The van der Waals surface area contributed by atoms with Crippen LogP contribution in [0.4, 0.5) is 0 Å². The van der Waals surface area contributed by atoms with E-state index in [9.17, 15) is 0 Å². The molecule has 0 amide bonds. The summed E-state index contributed by atoms with van der Waals surface area (Å²) < 4.78 is 5.33. The van der Waals surface area contributed by atoms with Gasteiger partial charge in [-0.1, -0.05) is 23.8 Å². The van der Waals surface area contributed by atoms with E-state index >= 15 is 0 Å². The van der Waals surface area contributed by atoms with Crippen LogP contribution in [0.3, 0.4) is 0 Å². The largest absolute Gasteiger partial charge is 0.377 e. The van der Waals surface area contributed by atoms with Crippen LogP contribution in [-0.2, 0) is 11.2 Å². The lowest BCUT2D eigenvalue weighted by Crippen LogP contribution is -2.60. The Morgan fingerprint density at radius 1 is 1.06 bits per heavy atom. The number of rotatable bonds is 1. The normalized spacial score (nSPS) is 24.5. The third-order valence-corrected chi connectivity index (χ3v) is 4.52. The first kappa shape index (κ1) is 9.86. The Labute approximate surface area is 101 Å². The Morgan fingerprint density at radius 2 is 1.88 bits per heavy atom. The first-order chi connectivity index (χ1) is 8.28. The minimum absolute atomic E-state index is 0.177. The maximum absolute atomic E-state index is 6.44. The van der Waals surface area contributed by atoms with E-state index in [0.717, 1.165) is 6.42 Å². The van der Waals surface area contributed by atoms with Crippen LogP contribution in [0.1, 0.15) is 24.8 Å². The maximum Gasteiger partial charge on any atom is 0.0852 e. The van der Waals surface area contributed by atoms with Gasteiger partial charge >= 0.3 is 0 Å². The smallest absolute Gasteiger partial charge is 0.0852 e. The van der Waals surface area contributed by atoms with Crippen LogP contribution in [0, 0.1) is 0 Å². The zero-order chi connectivity index (χ0) is 11.5. The molecule has 0 aromatic heterocycles. The van der Waals surface area contributed by atoms with Crippen molar-refractivity contribution in [3.8, 4) is 0 Å². The van der Waals surface area contributed by atoms with Gasteiger partial charge in [-0.05, 0) is 47.3 Å². The zero-order valence-electron chi connectivity index (χ0n) is 9.96. The van der Waals surface area contributed by atoms with E-state index in [1.807, 2.05) is 0 Å². The summed E-state index contributed by atoms with van der Waals surface area (Å²) in [6.07, 6.45) is 4.82. The zero-order valence-corrected chi connectivity index (χ0v) is 9.96. The first-order valence-electron chi connectivity index (χ1n) is 6.48. The second kappa shape index (κ2) is 3.21. The molecule has 2 nitrogen and oxygen atoms in total. The van der Waals surface area contributed by atoms with Crippen LogP contribution in [0.5, 0.6) is 0 Å². The van der Waals surface area contributed by atoms with Gasteiger partial charge in [-0.25, -0.2) is 0 Å². The van der Waals surface area contributed by atoms with Gasteiger partial charge in [0, 0.05) is 0 Å². The molecule has 0 bridgehead atoms. The fourth-order valence-corrected chi connectivity index (χ4v) is 3.56. The quantitative estimate of drug-likeness (QED) is 0.756. The molecule has 1 aliphatic heterocycles. The first-order valence-corrected chi connectivity index (χ1v) is 6.48. The predicted octanol–water partition coefficient (Wildman–Crippen LogP) is 0.456. The second-order valence-corrected chi connectivity index (χ2v) is 5.57. The fraction of sp³-hybridized carbons (Fsp3) is 0.467. The molecule has 1 aromatic carbocycles. The lowest BCUT2D eigenvalue weighted by Gasteiger charge is -2.41. The van der Waals surface area contributed by atoms with Gasteiger partial charge in [0.2, 0.25) is 0 Å². The summed E-state index contributed by atoms with van der Waals surface area (Å²) in [5.41, 5.74) is 10.9. The Morgan fingerprint density at radius 3 is 2.65 bits per heavy atom. The molecular weight excluding hydrogens is 210 g/mol. The maximum atomic E-state index is 6.44. The monoisotopic (exact) mass is 227 g/mol. The van der Waals surface area contributed by atoms with E-state index in [1.165, 1.54) is 40.8 Å². The van der Waals surface area contributed by atoms with Gasteiger partial charge in [-0.2, -0.15) is 0 Å². The van der Waals surface area contributed by atoms with Crippen molar-refractivity contribution in [1.82, 2.24) is 0 Å². The summed E-state index contributed by atoms with van der Waals surface area (Å²) in [4.78, 5) is 0.